The van der Waals surface area contributed by atoms with E-state index >= 15 is 0 Å². The van der Waals surface area contributed by atoms with E-state index < -0.39 is 46.1 Å². The Morgan fingerprint density at radius 3 is 1.71 bits per heavy atom. The molecule has 8 heteroatoms. The van der Waals surface area contributed by atoms with Crippen molar-refractivity contribution in [3.63, 3.8) is 0 Å². The lowest BCUT2D eigenvalue weighted by molar-refractivity contribution is 0.0930. The third-order valence-electron chi connectivity index (χ3n) is 3.45. The molecule has 0 fully saturated rings. The largest absolute Gasteiger partial charge is 0.350 e. The molecule has 0 aliphatic heterocycles. The third kappa shape index (κ3) is 3.31. The summed E-state index contributed by atoms with van der Waals surface area (Å²) in [6, 6.07) is 0. The first-order valence-corrected chi connectivity index (χ1v) is 6.27. The predicted molar refractivity (Wildman–Crippen MR) is 66.1 cm³/mol. The highest BCUT2D eigenvalue weighted by Gasteiger charge is 2.30. The van der Waals surface area contributed by atoms with E-state index in [4.69, 9.17) is 5.73 Å². The number of hydrogen-bond acceptors (Lipinski definition) is 2. The van der Waals surface area contributed by atoms with Crippen LogP contribution in [-0.2, 0) is 0 Å². The molecule has 118 valence electrons. The number of benzene rings is 1. The second-order valence-corrected chi connectivity index (χ2v) is 4.70. The van der Waals surface area contributed by atoms with Crippen molar-refractivity contribution in [3.8, 4) is 0 Å². The zero-order valence-corrected chi connectivity index (χ0v) is 11.5. The summed E-state index contributed by atoms with van der Waals surface area (Å²) in [7, 11) is 0. The highest BCUT2D eigenvalue weighted by molar-refractivity contribution is 5.94. The Morgan fingerprint density at radius 1 is 0.952 bits per heavy atom. The average molecular weight is 310 g/mol. The van der Waals surface area contributed by atoms with Gasteiger partial charge in [-0.15, -0.1) is 0 Å². The number of carbonyl (C=O) groups excluding carboxylic acids is 1. The number of halogens is 5. The third-order valence-corrected chi connectivity index (χ3v) is 3.45. The molecule has 1 rings (SSSR count). The quantitative estimate of drug-likeness (QED) is 0.499. The van der Waals surface area contributed by atoms with Gasteiger partial charge in [-0.2, -0.15) is 0 Å². The Morgan fingerprint density at radius 2 is 1.33 bits per heavy atom. The van der Waals surface area contributed by atoms with E-state index in [0.717, 1.165) is 0 Å². The zero-order chi connectivity index (χ0) is 16.4. The predicted octanol–water partition coefficient (Wildman–Crippen LogP) is 2.63. The van der Waals surface area contributed by atoms with Gasteiger partial charge in [0.1, 0.15) is 5.56 Å². The smallest absolute Gasteiger partial charge is 0.257 e. The lowest BCUT2D eigenvalue weighted by atomic mass is 9.94. The van der Waals surface area contributed by atoms with E-state index in [9.17, 15) is 26.7 Å². The van der Waals surface area contributed by atoms with Crippen LogP contribution in [0.3, 0.4) is 0 Å². The number of nitrogens with two attached hydrogens (primary N) is 1. The molecule has 0 bridgehead atoms. The monoisotopic (exact) mass is 310 g/mol. The van der Waals surface area contributed by atoms with Crippen LogP contribution in [0.2, 0.25) is 0 Å². The van der Waals surface area contributed by atoms with E-state index in [1.165, 1.54) is 0 Å². The SMILES string of the molecule is CCC(N)(CC)CNC(=O)c1c(F)c(F)c(F)c(F)c1F. The van der Waals surface area contributed by atoms with Crippen molar-refractivity contribution in [2.45, 2.75) is 32.2 Å². The van der Waals surface area contributed by atoms with Crippen molar-refractivity contribution in [1.29, 1.82) is 0 Å². The fraction of sp³-hybridized carbons (Fsp3) is 0.462. The molecule has 0 radical (unpaired) electrons. The normalized spacial score (nSPS) is 11.6. The van der Waals surface area contributed by atoms with Crippen LogP contribution < -0.4 is 11.1 Å². The van der Waals surface area contributed by atoms with Crippen molar-refractivity contribution >= 4 is 5.91 Å². The average Bonchev–Trinajstić information content (AvgIpc) is 2.48. The van der Waals surface area contributed by atoms with Crippen LogP contribution >= 0.6 is 0 Å². The number of rotatable bonds is 5. The van der Waals surface area contributed by atoms with Gasteiger partial charge in [0, 0.05) is 12.1 Å². The van der Waals surface area contributed by atoms with Crippen molar-refractivity contribution in [3.05, 3.63) is 34.6 Å². The molecular formula is C13H15F5N2O. The van der Waals surface area contributed by atoms with Gasteiger partial charge < -0.3 is 11.1 Å². The van der Waals surface area contributed by atoms with Gasteiger partial charge in [-0.05, 0) is 12.8 Å². The summed E-state index contributed by atoms with van der Waals surface area (Å²) in [6.07, 6.45) is 0.918. The first-order chi connectivity index (χ1) is 9.68. The number of nitrogens with one attached hydrogen (secondary N) is 1. The molecule has 0 unspecified atom stereocenters. The van der Waals surface area contributed by atoms with Gasteiger partial charge in [0.15, 0.2) is 23.3 Å². The van der Waals surface area contributed by atoms with E-state index in [-0.39, 0.29) is 6.54 Å². The fourth-order valence-corrected chi connectivity index (χ4v) is 1.65. The van der Waals surface area contributed by atoms with E-state index in [1.807, 2.05) is 0 Å². The first-order valence-electron chi connectivity index (χ1n) is 6.27. The Labute approximate surface area is 118 Å². The minimum atomic E-state index is -2.31. The van der Waals surface area contributed by atoms with Crippen LogP contribution in [0.1, 0.15) is 37.0 Å². The van der Waals surface area contributed by atoms with Crippen LogP contribution in [0.15, 0.2) is 0 Å². The summed E-state index contributed by atoms with van der Waals surface area (Å²) in [5, 5.41) is 2.10. The molecule has 0 saturated carbocycles. The van der Waals surface area contributed by atoms with Gasteiger partial charge in [0.2, 0.25) is 5.82 Å². The maximum Gasteiger partial charge on any atom is 0.257 e. The van der Waals surface area contributed by atoms with Gasteiger partial charge in [0.05, 0.1) is 0 Å². The number of amides is 1. The number of carbonyl (C=O) groups is 1. The number of hydrogen-bond donors (Lipinski definition) is 2. The molecule has 0 saturated heterocycles. The Balaban J connectivity index is 3.10. The van der Waals surface area contributed by atoms with Gasteiger partial charge in [0.25, 0.3) is 5.91 Å². The van der Waals surface area contributed by atoms with Crippen LogP contribution in [0.25, 0.3) is 0 Å². The second-order valence-electron chi connectivity index (χ2n) is 4.70. The standard InChI is InChI=1S/C13H15F5N2O/c1-3-13(19,4-2)5-20-12(21)6-7(14)9(16)11(18)10(17)8(6)15/h3-5,19H2,1-2H3,(H,20,21). The summed E-state index contributed by atoms with van der Waals surface area (Å²) in [6.45, 7) is 3.33. The molecule has 21 heavy (non-hydrogen) atoms. The van der Waals surface area contributed by atoms with Crippen LogP contribution in [-0.4, -0.2) is 18.0 Å². The summed E-state index contributed by atoms with van der Waals surface area (Å²) in [4.78, 5) is 11.7. The Kier molecular flexibility index (Phi) is 5.27. The summed E-state index contributed by atoms with van der Waals surface area (Å²) in [5.74, 6) is -12.4. The molecule has 0 aromatic heterocycles. The molecule has 0 heterocycles. The minimum Gasteiger partial charge on any atom is -0.350 e. The van der Waals surface area contributed by atoms with Gasteiger partial charge in [-0.1, -0.05) is 13.8 Å². The molecule has 3 nitrogen and oxygen atoms in total. The maximum atomic E-state index is 13.4. The van der Waals surface area contributed by atoms with E-state index in [1.54, 1.807) is 13.8 Å². The highest BCUT2D eigenvalue weighted by Crippen LogP contribution is 2.23. The fourth-order valence-electron chi connectivity index (χ4n) is 1.65. The zero-order valence-electron chi connectivity index (χ0n) is 11.5. The lowest BCUT2D eigenvalue weighted by Gasteiger charge is -2.26. The lowest BCUT2D eigenvalue weighted by Crippen LogP contribution is -2.49. The van der Waals surface area contributed by atoms with Crippen LogP contribution in [0.4, 0.5) is 22.0 Å². The molecule has 3 N–H and O–H groups in total. The molecule has 0 aliphatic carbocycles. The van der Waals surface area contributed by atoms with Crippen LogP contribution in [0, 0.1) is 29.1 Å². The van der Waals surface area contributed by atoms with Crippen molar-refractivity contribution in [2.24, 2.45) is 5.73 Å². The van der Waals surface area contributed by atoms with Crippen molar-refractivity contribution in [2.75, 3.05) is 6.54 Å². The summed E-state index contributed by atoms with van der Waals surface area (Å²) in [5.41, 5.74) is 3.54. The molecule has 1 aromatic rings. The second kappa shape index (κ2) is 6.38. The molecule has 0 atom stereocenters. The maximum absolute atomic E-state index is 13.4. The highest BCUT2D eigenvalue weighted by atomic mass is 19.2. The van der Waals surface area contributed by atoms with Crippen molar-refractivity contribution < 1.29 is 26.7 Å². The van der Waals surface area contributed by atoms with Gasteiger partial charge in [-0.25, -0.2) is 22.0 Å². The first kappa shape index (κ1) is 17.4. The summed E-state index contributed by atoms with van der Waals surface area (Å²) >= 11 is 0. The van der Waals surface area contributed by atoms with Crippen LogP contribution in [0.5, 0.6) is 0 Å². The summed E-state index contributed by atoms with van der Waals surface area (Å²) < 4.78 is 65.7. The van der Waals surface area contributed by atoms with Gasteiger partial charge >= 0.3 is 0 Å². The van der Waals surface area contributed by atoms with Gasteiger partial charge in [-0.3, -0.25) is 4.79 Å². The van der Waals surface area contributed by atoms with E-state index in [2.05, 4.69) is 5.32 Å². The molecule has 0 aliphatic rings. The Bertz CT molecular complexity index is 529. The minimum absolute atomic E-state index is 0.154. The van der Waals surface area contributed by atoms with E-state index in [0.29, 0.717) is 12.8 Å². The van der Waals surface area contributed by atoms with Crippen molar-refractivity contribution in [1.82, 2.24) is 5.32 Å². The Hall–Kier alpha value is -1.70. The molecule has 1 amide bonds. The topological polar surface area (TPSA) is 55.1 Å². The molecular weight excluding hydrogens is 295 g/mol. The molecule has 1 aromatic carbocycles. The molecule has 0 spiro atoms.